The number of fused-ring (bicyclic) bond motifs is 1. The molecule has 2 aromatic rings. The van der Waals surface area contributed by atoms with E-state index in [4.69, 9.17) is 0 Å². The number of carbonyl (C=O) groups excluding carboxylic acids is 1. The van der Waals surface area contributed by atoms with Crippen LogP contribution >= 0.6 is 0 Å². The summed E-state index contributed by atoms with van der Waals surface area (Å²) in [7, 11) is 0. The standard InChI is InChI=1S/C23H33N5O/c1-16-18(13-28-15-25-14-26-28)23(4)9-6-8-22(2,3)20(23)11-19(16)27-21(29)17-7-5-10-24-12-17/h5,7,10,12,14-16,18-20H,6,8-9,11,13H2,1-4H3,(H,27,29)/t16-,18-,19+,20?,23+/m0/s1. The summed E-state index contributed by atoms with van der Waals surface area (Å²) in [5, 5.41) is 7.75. The zero-order chi connectivity index (χ0) is 20.6. The molecule has 0 spiro atoms. The minimum Gasteiger partial charge on any atom is -0.349 e. The van der Waals surface area contributed by atoms with Gasteiger partial charge >= 0.3 is 0 Å². The van der Waals surface area contributed by atoms with Crippen molar-refractivity contribution in [1.29, 1.82) is 0 Å². The van der Waals surface area contributed by atoms with Crippen molar-refractivity contribution in [1.82, 2.24) is 25.1 Å². The lowest BCUT2D eigenvalue weighted by molar-refractivity contribution is -0.110. The maximum absolute atomic E-state index is 12.9. The molecule has 2 fully saturated rings. The van der Waals surface area contributed by atoms with Crippen LogP contribution in [0.4, 0.5) is 0 Å². The molecule has 4 rings (SSSR count). The minimum absolute atomic E-state index is 0.0216. The van der Waals surface area contributed by atoms with E-state index in [-0.39, 0.29) is 22.8 Å². The maximum atomic E-state index is 12.9. The lowest BCUT2D eigenvalue weighted by Gasteiger charge is -2.61. The van der Waals surface area contributed by atoms with Crippen LogP contribution in [-0.4, -0.2) is 31.7 Å². The van der Waals surface area contributed by atoms with Crippen molar-refractivity contribution in [2.75, 3.05) is 0 Å². The van der Waals surface area contributed by atoms with Crippen molar-refractivity contribution >= 4 is 5.91 Å². The number of nitrogens with one attached hydrogen (secondary N) is 1. The third kappa shape index (κ3) is 3.69. The van der Waals surface area contributed by atoms with Crippen molar-refractivity contribution in [3.05, 3.63) is 42.7 Å². The van der Waals surface area contributed by atoms with Gasteiger partial charge in [-0.25, -0.2) is 4.98 Å². The van der Waals surface area contributed by atoms with E-state index in [1.54, 1.807) is 18.7 Å². The Kier molecular flexibility index (Phi) is 5.21. The topological polar surface area (TPSA) is 72.7 Å². The summed E-state index contributed by atoms with van der Waals surface area (Å²) in [5.41, 5.74) is 1.14. The molecule has 2 heterocycles. The molecule has 5 atom stereocenters. The summed E-state index contributed by atoms with van der Waals surface area (Å²) in [6.45, 7) is 10.5. The van der Waals surface area contributed by atoms with Crippen molar-refractivity contribution in [3.8, 4) is 0 Å². The fourth-order valence-electron chi connectivity index (χ4n) is 6.39. The third-order valence-corrected chi connectivity index (χ3v) is 7.97. The highest BCUT2D eigenvalue weighted by molar-refractivity contribution is 5.94. The molecular formula is C23H33N5O. The van der Waals surface area contributed by atoms with E-state index < -0.39 is 0 Å². The van der Waals surface area contributed by atoms with Gasteiger partial charge in [-0.2, -0.15) is 5.10 Å². The Morgan fingerprint density at radius 2 is 2.10 bits per heavy atom. The monoisotopic (exact) mass is 395 g/mol. The number of rotatable bonds is 4. The number of nitrogens with zero attached hydrogens (tertiary/aromatic N) is 4. The minimum atomic E-state index is -0.0216. The smallest absolute Gasteiger partial charge is 0.253 e. The molecular weight excluding hydrogens is 362 g/mol. The Morgan fingerprint density at radius 1 is 1.28 bits per heavy atom. The van der Waals surface area contributed by atoms with Gasteiger partial charge in [-0.3, -0.25) is 14.5 Å². The van der Waals surface area contributed by atoms with Crippen LogP contribution < -0.4 is 5.32 Å². The van der Waals surface area contributed by atoms with Gasteiger partial charge in [0.05, 0.1) is 5.56 Å². The van der Waals surface area contributed by atoms with Crippen molar-refractivity contribution in [2.24, 2.45) is 28.6 Å². The Hall–Kier alpha value is -2.24. The molecule has 1 unspecified atom stereocenters. The average molecular weight is 396 g/mol. The van der Waals surface area contributed by atoms with Gasteiger partial charge in [0.1, 0.15) is 12.7 Å². The number of aromatic nitrogens is 4. The van der Waals surface area contributed by atoms with Crippen LogP contribution in [-0.2, 0) is 6.54 Å². The van der Waals surface area contributed by atoms with Gasteiger partial charge in [-0.05, 0) is 60.0 Å². The highest BCUT2D eigenvalue weighted by Crippen LogP contribution is 2.61. The lowest BCUT2D eigenvalue weighted by atomic mass is 9.45. The van der Waals surface area contributed by atoms with E-state index in [9.17, 15) is 4.79 Å². The van der Waals surface area contributed by atoms with Gasteiger partial charge < -0.3 is 5.32 Å². The quantitative estimate of drug-likeness (QED) is 0.850. The van der Waals surface area contributed by atoms with Gasteiger partial charge in [-0.1, -0.05) is 34.1 Å². The Bertz CT molecular complexity index is 834. The van der Waals surface area contributed by atoms with E-state index in [0.717, 1.165) is 13.0 Å². The van der Waals surface area contributed by atoms with Crippen LogP contribution in [0.1, 0.15) is 63.7 Å². The van der Waals surface area contributed by atoms with Gasteiger partial charge in [0.2, 0.25) is 0 Å². The van der Waals surface area contributed by atoms with Gasteiger partial charge in [-0.15, -0.1) is 0 Å². The molecule has 1 amide bonds. The summed E-state index contributed by atoms with van der Waals surface area (Å²) in [4.78, 5) is 21.2. The fraction of sp³-hybridized carbons (Fsp3) is 0.652. The van der Waals surface area contributed by atoms with E-state index in [0.29, 0.717) is 23.3 Å². The zero-order valence-corrected chi connectivity index (χ0v) is 18.0. The van der Waals surface area contributed by atoms with Crippen LogP contribution in [0.5, 0.6) is 0 Å². The van der Waals surface area contributed by atoms with Crippen LogP contribution in [0.25, 0.3) is 0 Å². The maximum Gasteiger partial charge on any atom is 0.253 e. The lowest BCUT2D eigenvalue weighted by Crippen LogP contribution is -2.59. The molecule has 6 nitrogen and oxygen atoms in total. The molecule has 1 N–H and O–H groups in total. The molecule has 29 heavy (non-hydrogen) atoms. The summed E-state index contributed by atoms with van der Waals surface area (Å²) in [5.74, 6) is 1.33. The van der Waals surface area contributed by atoms with Crippen LogP contribution in [0, 0.1) is 28.6 Å². The number of hydrogen-bond donors (Lipinski definition) is 1. The molecule has 2 aliphatic carbocycles. The Labute approximate surface area is 173 Å². The van der Waals surface area contributed by atoms with Crippen LogP contribution in [0.15, 0.2) is 37.2 Å². The van der Waals surface area contributed by atoms with E-state index in [2.05, 4.69) is 48.1 Å². The summed E-state index contributed by atoms with van der Waals surface area (Å²) in [6.07, 6.45) is 11.6. The van der Waals surface area contributed by atoms with Crippen molar-refractivity contribution < 1.29 is 4.79 Å². The number of hydrogen-bond acceptors (Lipinski definition) is 4. The summed E-state index contributed by atoms with van der Waals surface area (Å²) in [6, 6.07) is 3.79. The van der Waals surface area contributed by atoms with Crippen molar-refractivity contribution in [2.45, 2.75) is 66.0 Å². The number of amides is 1. The van der Waals surface area contributed by atoms with E-state index in [1.807, 2.05) is 23.1 Å². The summed E-state index contributed by atoms with van der Waals surface area (Å²) < 4.78 is 1.97. The van der Waals surface area contributed by atoms with Crippen molar-refractivity contribution in [3.63, 3.8) is 0 Å². The predicted molar refractivity (Wildman–Crippen MR) is 112 cm³/mol. The molecule has 2 aromatic heterocycles. The Balaban J connectivity index is 1.64. The first-order valence-electron chi connectivity index (χ1n) is 10.8. The molecule has 0 aromatic carbocycles. The fourth-order valence-corrected chi connectivity index (χ4v) is 6.39. The molecule has 156 valence electrons. The molecule has 0 saturated heterocycles. The van der Waals surface area contributed by atoms with E-state index >= 15 is 0 Å². The molecule has 0 aliphatic heterocycles. The van der Waals surface area contributed by atoms with Gasteiger partial charge in [0, 0.05) is 25.0 Å². The van der Waals surface area contributed by atoms with Crippen LogP contribution in [0.3, 0.4) is 0 Å². The third-order valence-electron chi connectivity index (χ3n) is 7.97. The molecule has 0 bridgehead atoms. The second-order valence-corrected chi connectivity index (χ2v) is 10.0. The highest BCUT2D eigenvalue weighted by atomic mass is 16.1. The molecule has 2 aliphatic rings. The first-order chi connectivity index (χ1) is 13.8. The molecule has 6 heteroatoms. The summed E-state index contributed by atoms with van der Waals surface area (Å²) >= 11 is 0. The zero-order valence-electron chi connectivity index (χ0n) is 18.0. The highest BCUT2D eigenvalue weighted by Gasteiger charge is 2.56. The molecule has 2 saturated carbocycles. The second kappa shape index (κ2) is 7.54. The number of carbonyl (C=O) groups is 1. The van der Waals surface area contributed by atoms with Gasteiger partial charge in [0.15, 0.2) is 0 Å². The number of pyridine rings is 1. The van der Waals surface area contributed by atoms with E-state index in [1.165, 1.54) is 19.3 Å². The first kappa shape index (κ1) is 20.0. The second-order valence-electron chi connectivity index (χ2n) is 10.0. The predicted octanol–water partition coefficient (Wildman–Crippen LogP) is 3.96. The van der Waals surface area contributed by atoms with Crippen LogP contribution in [0.2, 0.25) is 0 Å². The normalized spacial score (nSPS) is 33.7. The largest absolute Gasteiger partial charge is 0.349 e. The Morgan fingerprint density at radius 3 is 2.79 bits per heavy atom. The first-order valence-corrected chi connectivity index (χ1v) is 10.8. The average Bonchev–Trinajstić information content (AvgIpc) is 3.20. The molecule has 0 radical (unpaired) electrons. The SMILES string of the molecule is C[C@@H]1[C@H](NC(=O)c2cccnc2)CC2C(C)(C)CCC[C@]2(C)[C@H]1Cn1cncn1. The van der Waals surface area contributed by atoms with Gasteiger partial charge in [0.25, 0.3) is 5.91 Å².